The molecule has 0 atom stereocenters. The second-order valence-electron chi connectivity index (χ2n) is 8.03. The lowest BCUT2D eigenvalue weighted by Gasteiger charge is -2.51. The quantitative estimate of drug-likeness (QED) is 0.544. The van der Waals surface area contributed by atoms with Crippen LogP contribution in [-0.4, -0.2) is 33.7 Å². The first-order chi connectivity index (χ1) is 15.1. The summed E-state index contributed by atoms with van der Waals surface area (Å²) < 4.78 is 12.5. The molecule has 1 saturated carbocycles. The number of imidazole rings is 1. The first-order valence-corrected chi connectivity index (χ1v) is 10.2. The Hall–Kier alpha value is -3.87. The van der Waals surface area contributed by atoms with Crippen LogP contribution in [-0.2, 0) is 10.3 Å². The van der Waals surface area contributed by atoms with E-state index in [-0.39, 0.29) is 17.7 Å². The second-order valence-corrected chi connectivity index (χ2v) is 8.03. The van der Waals surface area contributed by atoms with Gasteiger partial charge in [0.05, 0.1) is 24.0 Å². The molecule has 7 rings (SSSR count). The van der Waals surface area contributed by atoms with Gasteiger partial charge in [0, 0.05) is 36.2 Å². The molecule has 2 saturated heterocycles. The normalized spacial score (nSPS) is 21.8. The van der Waals surface area contributed by atoms with Crippen molar-refractivity contribution >= 4 is 11.9 Å². The Morgan fingerprint density at radius 2 is 1.81 bits per heavy atom. The first-order valence-electron chi connectivity index (χ1n) is 10.2. The van der Waals surface area contributed by atoms with Crippen molar-refractivity contribution in [3.8, 4) is 28.4 Å². The lowest BCUT2D eigenvalue weighted by atomic mass is 9.68. The molecular weight excluding hydrogens is 392 g/mol. The molecule has 7 nitrogen and oxygen atoms in total. The SMILES string of the molecule is COc1ccn2c(-c3ccccc3)c(-c3ccc(C45CC(C4)OC(=O)N5)cc3)nc2n1. The van der Waals surface area contributed by atoms with Crippen LogP contribution >= 0.6 is 0 Å². The van der Waals surface area contributed by atoms with Gasteiger partial charge in [-0.15, -0.1) is 0 Å². The molecule has 31 heavy (non-hydrogen) atoms. The largest absolute Gasteiger partial charge is 0.481 e. The summed E-state index contributed by atoms with van der Waals surface area (Å²) in [4.78, 5) is 21.1. The highest BCUT2D eigenvalue weighted by Crippen LogP contribution is 2.46. The Morgan fingerprint density at radius 1 is 1.03 bits per heavy atom. The van der Waals surface area contributed by atoms with E-state index in [1.54, 1.807) is 7.11 Å². The number of hydrogen-bond acceptors (Lipinski definition) is 5. The van der Waals surface area contributed by atoms with Gasteiger partial charge in [0.2, 0.25) is 11.7 Å². The number of ether oxygens (including phenoxy) is 2. The number of aromatic nitrogens is 3. The van der Waals surface area contributed by atoms with E-state index in [1.165, 1.54) is 0 Å². The fourth-order valence-electron chi connectivity index (χ4n) is 4.64. The lowest BCUT2D eigenvalue weighted by molar-refractivity contribution is -0.0588. The minimum atomic E-state index is -0.335. The Balaban J connectivity index is 1.46. The summed E-state index contributed by atoms with van der Waals surface area (Å²) in [6.07, 6.45) is 3.24. The summed E-state index contributed by atoms with van der Waals surface area (Å²) in [6, 6.07) is 20.2. The summed E-state index contributed by atoms with van der Waals surface area (Å²) in [5.41, 5.74) is 4.64. The minimum Gasteiger partial charge on any atom is -0.481 e. The number of carbonyl (C=O) groups is 1. The van der Waals surface area contributed by atoms with Crippen LogP contribution in [0.25, 0.3) is 28.3 Å². The lowest BCUT2D eigenvalue weighted by Crippen LogP contribution is -2.63. The monoisotopic (exact) mass is 412 g/mol. The summed E-state index contributed by atoms with van der Waals surface area (Å²) in [7, 11) is 1.60. The molecule has 3 aliphatic rings. The number of nitrogens with one attached hydrogen (secondary N) is 1. The van der Waals surface area contributed by atoms with Gasteiger partial charge in [-0.2, -0.15) is 4.98 Å². The van der Waals surface area contributed by atoms with E-state index < -0.39 is 0 Å². The molecule has 154 valence electrons. The highest BCUT2D eigenvalue weighted by atomic mass is 16.6. The Morgan fingerprint density at radius 3 is 2.52 bits per heavy atom. The third-order valence-electron chi connectivity index (χ3n) is 6.20. The molecule has 3 fully saturated rings. The van der Waals surface area contributed by atoms with E-state index in [9.17, 15) is 4.79 Å². The molecular formula is C24H20N4O3. The Labute approximate surface area is 178 Å². The fraction of sp³-hybridized carbons (Fsp3) is 0.208. The number of nitrogens with zero attached hydrogens (tertiary/aromatic N) is 3. The van der Waals surface area contributed by atoms with Crippen molar-refractivity contribution in [1.29, 1.82) is 0 Å². The third-order valence-corrected chi connectivity index (χ3v) is 6.20. The van der Waals surface area contributed by atoms with Crippen LogP contribution in [0.1, 0.15) is 18.4 Å². The molecule has 4 heterocycles. The maximum atomic E-state index is 11.8. The highest BCUT2D eigenvalue weighted by Gasteiger charge is 2.53. The van der Waals surface area contributed by atoms with E-state index in [4.69, 9.17) is 14.5 Å². The number of carbonyl (C=O) groups excluding carboxylic acids is 1. The zero-order valence-electron chi connectivity index (χ0n) is 16.9. The van der Waals surface area contributed by atoms with E-state index in [0.717, 1.165) is 40.9 Å². The van der Waals surface area contributed by atoms with Crippen LogP contribution in [0.3, 0.4) is 0 Å². The van der Waals surface area contributed by atoms with Gasteiger partial charge in [-0.25, -0.2) is 9.78 Å². The van der Waals surface area contributed by atoms with Crippen molar-refractivity contribution in [1.82, 2.24) is 19.7 Å². The minimum absolute atomic E-state index is 0.0256. The van der Waals surface area contributed by atoms with Crippen molar-refractivity contribution in [2.75, 3.05) is 7.11 Å². The molecule has 2 aliphatic heterocycles. The van der Waals surface area contributed by atoms with E-state index >= 15 is 0 Å². The summed E-state index contributed by atoms with van der Waals surface area (Å²) in [6.45, 7) is 0. The summed E-state index contributed by atoms with van der Waals surface area (Å²) in [5.74, 6) is 1.10. The number of hydrogen-bond donors (Lipinski definition) is 1. The van der Waals surface area contributed by atoms with Crippen LogP contribution < -0.4 is 10.1 Å². The number of benzene rings is 2. The van der Waals surface area contributed by atoms with Gasteiger partial charge in [0.1, 0.15) is 6.10 Å². The van der Waals surface area contributed by atoms with Gasteiger partial charge < -0.3 is 14.8 Å². The van der Waals surface area contributed by atoms with Gasteiger partial charge in [-0.05, 0) is 5.56 Å². The number of fused-ring (bicyclic) bond motifs is 3. The molecule has 4 aromatic rings. The fourth-order valence-corrected chi connectivity index (χ4v) is 4.64. The molecule has 7 heteroatoms. The van der Waals surface area contributed by atoms with Gasteiger partial charge in [-0.3, -0.25) is 4.40 Å². The number of alkyl carbamates (subject to hydrolysis) is 1. The van der Waals surface area contributed by atoms with Crippen molar-refractivity contribution in [2.45, 2.75) is 24.5 Å². The molecule has 2 bridgehead atoms. The van der Waals surface area contributed by atoms with Gasteiger partial charge in [-0.1, -0.05) is 54.6 Å². The molecule has 2 aromatic carbocycles. The average molecular weight is 412 g/mol. The zero-order valence-corrected chi connectivity index (χ0v) is 16.9. The van der Waals surface area contributed by atoms with Gasteiger partial charge in [0.15, 0.2) is 0 Å². The Kier molecular flexibility index (Phi) is 3.80. The van der Waals surface area contributed by atoms with Gasteiger partial charge in [0.25, 0.3) is 0 Å². The van der Waals surface area contributed by atoms with Crippen LogP contribution in [0.5, 0.6) is 5.88 Å². The van der Waals surface area contributed by atoms with E-state index in [2.05, 4.69) is 46.7 Å². The maximum Gasteiger partial charge on any atom is 0.408 e. The number of rotatable bonds is 4. The van der Waals surface area contributed by atoms with Crippen LogP contribution in [0, 0.1) is 0 Å². The predicted octanol–water partition coefficient (Wildman–Crippen LogP) is 4.17. The summed E-state index contributed by atoms with van der Waals surface area (Å²) >= 11 is 0. The number of methoxy groups -OCH3 is 1. The molecule has 1 amide bonds. The average Bonchev–Trinajstić information content (AvgIpc) is 3.17. The van der Waals surface area contributed by atoms with Crippen molar-refractivity contribution < 1.29 is 14.3 Å². The Bertz CT molecular complexity index is 1290. The molecule has 0 spiro atoms. The molecule has 0 radical (unpaired) electrons. The van der Waals surface area contributed by atoms with Crippen molar-refractivity contribution in [3.63, 3.8) is 0 Å². The predicted molar refractivity (Wildman–Crippen MR) is 115 cm³/mol. The first kappa shape index (κ1) is 17.9. The summed E-state index contributed by atoms with van der Waals surface area (Å²) in [5, 5.41) is 3.00. The number of amides is 1. The van der Waals surface area contributed by atoms with Gasteiger partial charge >= 0.3 is 6.09 Å². The maximum absolute atomic E-state index is 11.8. The molecule has 0 unspecified atom stereocenters. The standard InChI is InChI=1S/C24H20N4O3/c1-30-19-11-12-28-21(16-5-3-2-4-6-16)20(26-22(28)25-19)15-7-9-17(10-8-15)24-13-18(14-24)31-23(29)27-24/h2-12,18H,13-14H2,1H3,(H,27,29). The van der Waals surface area contributed by atoms with E-state index in [1.807, 2.05) is 34.9 Å². The van der Waals surface area contributed by atoms with Crippen LogP contribution in [0.4, 0.5) is 4.79 Å². The molecule has 2 aromatic heterocycles. The topological polar surface area (TPSA) is 77.8 Å². The smallest absolute Gasteiger partial charge is 0.408 e. The second kappa shape index (κ2) is 6.57. The van der Waals surface area contributed by atoms with Crippen molar-refractivity contribution in [2.24, 2.45) is 0 Å². The van der Waals surface area contributed by atoms with Crippen LogP contribution in [0.2, 0.25) is 0 Å². The third kappa shape index (κ3) is 2.77. The van der Waals surface area contributed by atoms with Crippen molar-refractivity contribution in [3.05, 3.63) is 72.4 Å². The zero-order chi connectivity index (χ0) is 21.0. The molecule has 1 N–H and O–H groups in total. The van der Waals surface area contributed by atoms with E-state index in [0.29, 0.717) is 11.7 Å². The van der Waals surface area contributed by atoms with Crippen LogP contribution in [0.15, 0.2) is 66.9 Å². The molecule has 1 aliphatic carbocycles. The highest BCUT2D eigenvalue weighted by molar-refractivity contribution is 5.81.